The van der Waals surface area contributed by atoms with E-state index in [2.05, 4.69) is 38.1 Å². The monoisotopic (exact) mass is 222 g/mol. The van der Waals surface area contributed by atoms with Gasteiger partial charge >= 0.3 is 0 Å². The van der Waals surface area contributed by atoms with Gasteiger partial charge in [-0.25, -0.2) is 0 Å². The van der Waals surface area contributed by atoms with Gasteiger partial charge in [0.2, 0.25) is 0 Å². The Morgan fingerprint density at radius 2 is 1.91 bits per heavy atom. The standard InChI is InChI=1S/C10H13.Y/c1-3-9-6-5-7-10(4-2)8-9;/h5-8H,1,3-4H2,2H3;/q-1;. The van der Waals surface area contributed by atoms with E-state index in [1.165, 1.54) is 11.1 Å². The summed E-state index contributed by atoms with van der Waals surface area (Å²) in [6.45, 7) is 6.00. The summed E-state index contributed by atoms with van der Waals surface area (Å²) in [5, 5.41) is 0. The van der Waals surface area contributed by atoms with Crippen LogP contribution >= 0.6 is 0 Å². The average Bonchev–Trinajstić information content (AvgIpc) is 2.05. The molecule has 1 aromatic rings. The van der Waals surface area contributed by atoms with Crippen LogP contribution in [0, 0.1) is 6.92 Å². The van der Waals surface area contributed by atoms with Crippen LogP contribution in [0.3, 0.4) is 0 Å². The molecule has 1 aromatic carbocycles. The minimum absolute atomic E-state index is 0. The molecule has 11 heavy (non-hydrogen) atoms. The van der Waals surface area contributed by atoms with Crippen molar-refractivity contribution in [2.75, 3.05) is 0 Å². The fourth-order valence-corrected chi connectivity index (χ4v) is 1.01. The minimum Gasteiger partial charge on any atom is -0.339 e. The van der Waals surface area contributed by atoms with Crippen molar-refractivity contribution in [1.82, 2.24) is 0 Å². The molecule has 57 valence electrons. The third-order valence-corrected chi connectivity index (χ3v) is 1.69. The van der Waals surface area contributed by atoms with Crippen molar-refractivity contribution < 1.29 is 32.7 Å². The first kappa shape index (κ1) is 11.3. The first-order valence-corrected chi connectivity index (χ1v) is 3.74. The Morgan fingerprint density at radius 3 is 2.45 bits per heavy atom. The molecule has 0 saturated heterocycles. The maximum atomic E-state index is 3.83. The van der Waals surface area contributed by atoms with E-state index in [4.69, 9.17) is 0 Å². The molecule has 0 amide bonds. The van der Waals surface area contributed by atoms with E-state index in [9.17, 15) is 0 Å². The summed E-state index contributed by atoms with van der Waals surface area (Å²) < 4.78 is 0. The first-order chi connectivity index (χ1) is 4.86. The van der Waals surface area contributed by atoms with Crippen molar-refractivity contribution in [2.24, 2.45) is 0 Å². The molecule has 0 aliphatic carbocycles. The van der Waals surface area contributed by atoms with Gasteiger partial charge in [-0.05, 0) is 12.0 Å². The fraction of sp³-hybridized carbons (Fsp3) is 0.300. The van der Waals surface area contributed by atoms with Crippen molar-refractivity contribution in [3.63, 3.8) is 0 Å². The van der Waals surface area contributed by atoms with E-state index in [-0.39, 0.29) is 32.7 Å². The Morgan fingerprint density at radius 1 is 1.27 bits per heavy atom. The molecule has 0 N–H and O–H groups in total. The van der Waals surface area contributed by atoms with Crippen LogP contribution in [0.25, 0.3) is 0 Å². The molecule has 0 aromatic heterocycles. The van der Waals surface area contributed by atoms with Crippen molar-refractivity contribution in [3.05, 3.63) is 42.3 Å². The Labute approximate surface area is 94.3 Å². The summed E-state index contributed by atoms with van der Waals surface area (Å²) in [4.78, 5) is 0. The predicted molar refractivity (Wildman–Crippen MR) is 44.9 cm³/mol. The molecule has 0 nitrogen and oxygen atoms in total. The molecule has 1 rings (SSSR count). The quantitative estimate of drug-likeness (QED) is 0.675. The normalized spacial score (nSPS) is 8.91. The molecule has 1 radical (unpaired) electrons. The molecular weight excluding hydrogens is 209 g/mol. The number of hydrogen-bond acceptors (Lipinski definition) is 0. The van der Waals surface area contributed by atoms with Gasteiger partial charge in [-0.2, -0.15) is 6.42 Å². The van der Waals surface area contributed by atoms with Crippen LogP contribution in [0.1, 0.15) is 18.1 Å². The van der Waals surface area contributed by atoms with E-state index in [0.717, 1.165) is 12.8 Å². The third-order valence-electron chi connectivity index (χ3n) is 1.69. The summed E-state index contributed by atoms with van der Waals surface area (Å²) in [6, 6.07) is 8.58. The largest absolute Gasteiger partial charge is 0.339 e. The van der Waals surface area contributed by atoms with Crippen LogP contribution < -0.4 is 0 Å². The molecule has 0 atom stereocenters. The summed E-state index contributed by atoms with van der Waals surface area (Å²) >= 11 is 0. The van der Waals surface area contributed by atoms with Gasteiger partial charge in [0.25, 0.3) is 0 Å². The molecule has 0 heterocycles. The fourth-order valence-electron chi connectivity index (χ4n) is 1.01. The SMILES string of the molecule is [CH2-]Cc1cccc(CC)c1.[Y]. The van der Waals surface area contributed by atoms with Crippen LogP contribution in [0.15, 0.2) is 24.3 Å². The molecule has 0 saturated carbocycles. The van der Waals surface area contributed by atoms with Crippen molar-refractivity contribution in [1.29, 1.82) is 0 Å². The Balaban J connectivity index is 0.000001000. The van der Waals surface area contributed by atoms with Gasteiger partial charge in [0.15, 0.2) is 0 Å². The molecule has 0 spiro atoms. The summed E-state index contributed by atoms with van der Waals surface area (Å²) in [5.74, 6) is 0. The second kappa shape index (κ2) is 5.91. The number of benzene rings is 1. The van der Waals surface area contributed by atoms with Crippen LogP contribution in [0.2, 0.25) is 0 Å². The second-order valence-corrected chi connectivity index (χ2v) is 2.42. The number of aryl methyl sites for hydroxylation is 1. The molecule has 0 bridgehead atoms. The van der Waals surface area contributed by atoms with Gasteiger partial charge in [0.05, 0.1) is 0 Å². The van der Waals surface area contributed by atoms with Gasteiger partial charge in [-0.3, -0.25) is 0 Å². The van der Waals surface area contributed by atoms with Gasteiger partial charge in [-0.1, -0.05) is 36.8 Å². The van der Waals surface area contributed by atoms with E-state index in [0.29, 0.717) is 0 Å². The summed E-state index contributed by atoms with van der Waals surface area (Å²) in [7, 11) is 0. The van der Waals surface area contributed by atoms with E-state index < -0.39 is 0 Å². The molecule has 0 unspecified atom stereocenters. The Hall–Kier alpha value is 0.324. The average molecular weight is 222 g/mol. The first-order valence-electron chi connectivity index (χ1n) is 3.74. The topological polar surface area (TPSA) is 0 Å². The second-order valence-electron chi connectivity index (χ2n) is 2.42. The van der Waals surface area contributed by atoms with E-state index in [1.54, 1.807) is 0 Å². The van der Waals surface area contributed by atoms with Crippen LogP contribution in [0.4, 0.5) is 0 Å². The zero-order chi connectivity index (χ0) is 7.40. The Kier molecular flexibility index (Phi) is 6.08. The van der Waals surface area contributed by atoms with Crippen molar-refractivity contribution in [3.8, 4) is 0 Å². The van der Waals surface area contributed by atoms with Crippen molar-refractivity contribution >= 4 is 0 Å². The number of rotatable bonds is 2. The minimum atomic E-state index is 0. The predicted octanol–water partition coefficient (Wildman–Crippen LogP) is 2.62. The van der Waals surface area contributed by atoms with Gasteiger partial charge < -0.3 is 6.92 Å². The van der Waals surface area contributed by atoms with Gasteiger partial charge in [-0.15, -0.1) is 0 Å². The molecule has 0 aliphatic heterocycles. The van der Waals surface area contributed by atoms with E-state index in [1.807, 2.05) is 0 Å². The van der Waals surface area contributed by atoms with Crippen molar-refractivity contribution in [2.45, 2.75) is 19.8 Å². The van der Waals surface area contributed by atoms with E-state index >= 15 is 0 Å². The number of hydrogen-bond donors (Lipinski definition) is 0. The smallest absolute Gasteiger partial charge is 0 e. The zero-order valence-corrected chi connectivity index (χ0v) is 9.85. The molecular formula is C10H13Y-. The van der Waals surface area contributed by atoms with Gasteiger partial charge in [0.1, 0.15) is 0 Å². The third kappa shape index (κ3) is 3.49. The Bertz CT molecular complexity index is 187. The maximum absolute atomic E-state index is 3.83. The molecule has 0 aliphatic rings. The van der Waals surface area contributed by atoms with Crippen LogP contribution in [-0.4, -0.2) is 0 Å². The summed E-state index contributed by atoms with van der Waals surface area (Å²) in [6.07, 6.45) is 2.02. The van der Waals surface area contributed by atoms with Gasteiger partial charge in [0, 0.05) is 32.7 Å². The summed E-state index contributed by atoms with van der Waals surface area (Å²) in [5.41, 5.74) is 2.74. The zero-order valence-electron chi connectivity index (χ0n) is 7.01. The van der Waals surface area contributed by atoms with Crippen LogP contribution in [0.5, 0.6) is 0 Å². The van der Waals surface area contributed by atoms with Crippen LogP contribution in [-0.2, 0) is 45.6 Å². The molecule has 0 fully saturated rings. The maximum Gasteiger partial charge on any atom is 0 e. The molecule has 1 heteroatoms.